The van der Waals surface area contributed by atoms with E-state index in [4.69, 9.17) is 16.3 Å². The molecule has 2 fully saturated rings. The van der Waals surface area contributed by atoms with E-state index in [0.717, 1.165) is 12.1 Å². The van der Waals surface area contributed by atoms with Crippen LogP contribution in [0.25, 0.3) is 0 Å². The number of carbonyl (C=O) groups is 2. The number of nitrogens with one attached hydrogen (secondary N) is 1. The molecule has 0 bridgehead atoms. The van der Waals surface area contributed by atoms with Crippen LogP contribution < -0.4 is 10.2 Å². The van der Waals surface area contributed by atoms with Crippen LogP contribution in [0.1, 0.15) is 62.4 Å². The summed E-state index contributed by atoms with van der Waals surface area (Å²) < 4.78 is 73.6. The van der Waals surface area contributed by atoms with Gasteiger partial charge in [-0.15, -0.1) is 0 Å². The number of hydrogen-bond donors (Lipinski definition) is 1. The van der Waals surface area contributed by atoms with Crippen LogP contribution in [0.3, 0.4) is 0 Å². The van der Waals surface area contributed by atoms with Crippen LogP contribution in [-0.4, -0.2) is 60.6 Å². The summed E-state index contributed by atoms with van der Waals surface area (Å²) in [5.41, 5.74) is -2.06. The Kier molecular flexibility index (Phi) is 7.79. The normalized spacial score (nSPS) is 21.0. The Balaban J connectivity index is 1.83. The Hall–Kier alpha value is -2.30. The van der Waals surface area contributed by atoms with Crippen molar-refractivity contribution in [2.75, 3.05) is 31.1 Å². The summed E-state index contributed by atoms with van der Waals surface area (Å²) in [4.78, 5) is 28.2. The molecule has 0 aliphatic carbocycles. The maximum absolute atomic E-state index is 13.9. The minimum atomic E-state index is -4.78. The third kappa shape index (κ3) is 7.11. The van der Waals surface area contributed by atoms with E-state index in [-0.39, 0.29) is 43.7 Å². The van der Waals surface area contributed by atoms with E-state index in [1.54, 1.807) is 20.8 Å². The molecule has 2 aliphatic rings. The number of halogens is 6. The van der Waals surface area contributed by atoms with Gasteiger partial charge in [0.1, 0.15) is 5.60 Å². The lowest BCUT2D eigenvalue weighted by Crippen LogP contribution is -2.40. The van der Waals surface area contributed by atoms with Crippen molar-refractivity contribution in [2.45, 2.75) is 70.2 Å². The van der Waals surface area contributed by atoms with Gasteiger partial charge in [-0.1, -0.05) is 11.6 Å². The largest absolute Gasteiger partial charge is 0.444 e. The first-order valence-electron chi connectivity index (χ1n) is 11.4. The summed E-state index contributed by atoms with van der Waals surface area (Å²) in [5, 5.41) is 2.08. The Labute approximate surface area is 205 Å². The molecule has 1 N–H and O–H groups in total. The molecule has 1 atom stereocenters. The zero-order valence-electron chi connectivity index (χ0n) is 19.8. The Morgan fingerprint density at radius 1 is 1.11 bits per heavy atom. The van der Waals surface area contributed by atoms with Crippen LogP contribution in [0.15, 0.2) is 12.1 Å². The Bertz CT molecular complexity index is 965. The summed E-state index contributed by atoms with van der Waals surface area (Å²) in [6.45, 7) is 5.56. The summed E-state index contributed by atoms with van der Waals surface area (Å²) in [6, 6.07) is 1.22. The highest BCUT2D eigenvalue weighted by Crippen LogP contribution is 2.40. The fourth-order valence-electron chi connectivity index (χ4n) is 4.16. The summed E-state index contributed by atoms with van der Waals surface area (Å²) in [5.74, 6) is -3.62. The van der Waals surface area contributed by atoms with Crippen molar-refractivity contribution in [1.29, 1.82) is 0 Å². The lowest BCUT2D eigenvalue weighted by molar-refractivity contribution is -0.137. The number of likely N-dealkylation sites (tertiary alicyclic amines) is 1. The van der Waals surface area contributed by atoms with E-state index >= 15 is 0 Å². The number of amides is 2. The molecule has 1 unspecified atom stereocenters. The predicted octanol–water partition coefficient (Wildman–Crippen LogP) is 5.72. The molecule has 1 aromatic rings. The van der Waals surface area contributed by atoms with Crippen molar-refractivity contribution in [1.82, 2.24) is 10.2 Å². The Morgan fingerprint density at radius 2 is 1.80 bits per heavy atom. The van der Waals surface area contributed by atoms with Gasteiger partial charge in [0, 0.05) is 45.1 Å². The molecular formula is C23H29ClF5N3O3. The van der Waals surface area contributed by atoms with Gasteiger partial charge in [0.25, 0.3) is 5.91 Å². The van der Waals surface area contributed by atoms with Gasteiger partial charge in [-0.05, 0) is 45.7 Å². The lowest BCUT2D eigenvalue weighted by atomic mass is 10.1. The third-order valence-electron chi connectivity index (χ3n) is 5.87. The van der Waals surface area contributed by atoms with Crippen molar-refractivity contribution in [3.63, 3.8) is 0 Å². The molecule has 0 spiro atoms. The van der Waals surface area contributed by atoms with Gasteiger partial charge in [0.15, 0.2) is 0 Å². The summed E-state index contributed by atoms with van der Waals surface area (Å²) in [6.07, 6.45) is -5.75. The second kappa shape index (κ2) is 9.99. The molecule has 2 saturated heterocycles. The molecule has 3 rings (SSSR count). The third-order valence-corrected chi connectivity index (χ3v) is 6.18. The van der Waals surface area contributed by atoms with Crippen LogP contribution in [0, 0.1) is 0 Å². The summed E-state index contributed by atoms with van der Waals surface area (Å²) >= 11 is 5.88. The zero-order valence-corrected chi connectivity index (χ0v) is 20.5. The topological polar surface area (TPSA) is 61.9 Å². The van der Waals surface area contributed by atoms with E-state index in [1.807, 2.05) is 0 Å². The smallest absolute Gasteiger partial charge is 0.417 e. The highest BCUT2D eigenvalue weighted by atomic mass is 35.5. The van der Waals surface area contributed by atoms with Gasteiger partial charge in [-0.2, -0.15) is 13.2 Å². The van der Waals surface area contributed by atoms with Gasteiger partial charge in [0.05, 0.1) is 21.8 Å². The molecule has 0 aromatic heterocycles. The van der Waals surface area contributed by atoms with Gasteiger partial charge in [0.2, 0.25) is 5.92 Å². The summed E-state index contributed by atoms with van der Waals surface area (Å²) in [7, 11) is 0. The minimum absolute atomic E-state index is 0.0610. The minimum Gasteiger partial charge on any atom is -0.444 e. The van der Waals surface area contributed by atoms with Gasteiger partial charge in [-0.3, -0.25) is 4.79 Å². The number of nitrogens with zero attached hydrogens (tertiary/aromatic N) is 2. The van der Waals surface area contributed by atoms with E-state index < -0.39 is 52.7 Å². The predicted molar refractivity (Wildman–Crippen MR) is 121 cm³/mol. The molecule has 1 aromatic carbocycles. The zero-order chi connectivity index (χ0) is 26.2. The van der Waals surface area contributed by atoms with Crippen LogP contribution >= 0.6 is 11.6 Å². The van der Waals surface area contributed by atoms with Crippen molar-refractivity contribution < 1.29 is 36.3 Å². The van der Waals surface area contributed by atoms with Crippen molar-refractivity contribution in [3.05, 3.63) is 28.3 Å². The van der Waals surface area contributed by atoms with Crippen LogP contribution in [0.5, 0.6) is 0 Å². The highest BCUT2D eigenvalue weighted by Gasteiger charge is 2.38. The number of benzene rings is 1. The SMILES string of the molecule is CC(C)(C)OC(=O)N1CCC(NC(=O)c2cc(Cl)c(C(F)(F)F)cc2N2CCCC(F)(F)CC2)C1. The standard InChI is InChI=1S/C23H29ClF5N3O3/c1-21(2,3)35-20(34)32-9-5-14(13-32)30-19(33)15-11-17(24)16(23(27,28)29)12-18(15)31-8-4-6-22(25,26)7-10-31/h11-12,14H,4-10,13H2,1-3H3,(H,30,33). The molecule has 35 heavy (non-hydrogen) atoms. The molecule has 0 saturated carbocycles. The monoisotopic (exact) mass is 525 g/mol. The van der Waals surface area contributed by atoms with Gasteiger partial charge < -0.3 is 19.9 Å². The number of anilines is 1. The number of rotatable bonds is 3. The van der Waals surface area contributed by atoms with Crippen LogP contribution in [0.2, 0.25) is 5.02 Å². The van der Waals surface area contributed by atoms with Gasteiger partial charge >= 0.3 is 12.3 Å². The molecule has 196 valence electrons. The second-order valence-electron chi connectivity index (χ2n) is 9.93. The van der Waals surface area contributed by atoms with Crippen LogP contribution in [-0.2, 0) is 10.9 Å². The van der Waals surface area contributed by atoms with E-state index in [2.05, 4.69) is 5.32 Å². The molecule has 2 aliphatic heterocycles. The fourth-order valence-corrected chi connectivity index (χ4v) is 4.43. The second-order valence-corrected chi connectivity index (χ2v) is 10.3. The average molecular weight is 526 g/mol. The number of carbonyl (C=O) groups excluding carboxylic acids is 2. The maximum atomic E-state index is 13.9. The lowest BCUT2D eigenvalue weighted by Gasteiger charge is -2.27. The number of ether oxygens (including phenoxy) is 1. The molecule has 2 heterocycles. The van der Waals surface area contributed by atoms with Crippen molar-refractivity contribution >= 4 is 29.3 Å². The highest BCUT2D eigenvalue weighted by molar-refractivity contribution is 6.32. The van der Waals surface area contributed by atoms with Crippen molar-refractivity contribution in [2.24, 2.45) is 0 Å². The average Bonchev–Trinajstić information content (AvgIpc) is 3.09. The first-order chi connectivity index (χ1) is 16.1. The Morgan fingerprint density at radius 3 is 2.43 bits per heavy atom. The van der Waals surface area contributed by atoms with E-state index in [9.17, 15) is 31.5 Å². The maximum Gasteiger partial charge on any atom is 0.417 e. The molecule has 12 heteroatoms. The van der Waals surface area contributed by atoms with Crippen molar-refractivity contribution in [3.8, 4) is 0 Å². The molecule has 6 nitrogen and oxygen atoms in total. The first-order valence-corrected chi connectivity index (χ1v) is 11.8. The van der Waals surface area contributed by atoms with E-state index in [1.165, 1.54) is 9.80 Å². The van der Waals surface area contributed by atoms with Crippen LogP contribution in [0.4, 0.5) is 32.4 Å². The molecule has 0 radical (unpaired) electrons. The fraction of sp³-hybridized carbons (Fsp3) is 0.652. The number of alkyl halides is 5. The van der Waals surface area contributed by atoms with E-state index in [0.29, 0.717) is 13.0 Å². The molecular weight excluding hydrogens is 497 g/mol. The molecule has 2 amide bonds. The number of hydrogen-bond acceptors (Lipinski definition) is 4. The quantitative estimate of drug-likeness (QED) is 0.512. The van der Waals surface area contributed by atoms with Gasteiger partial charge in [-0.25, -0.2) is 13.6 Å². The first kappa shape index (κ1) is 27.3.